The Hall–Kier alpha value is -1.94. The van der Waals surface area contributed by atoms with Crippen molar-refractivity contribution in [2.45, 2.75) is 25.4 Å². The molecule has 1 heterocycles. The maximum Gasteiger partial charge on any atom is 0.406 e. The zero-order valence-electron chi connectivity index (χ0n) is 8.92. The molecule has 0 amide bonds. The van der Waals surface area contributed by atoms with Crippen LogP contribution >= 0.6 is 0 Å². The van der Waals surface area contributed by atoms with Gasteiger partial charge in [0, 0.05) is 0 Å². The van der Waals surface area contributed by atoms with Crippen molar-refractivity contribution in [2.75, 3.05) is 0 Å². The van der Waals surface area contributed by atoms with E-state index in [1.54, 1.807) is 0 Å². The van der Waals surface area contributed by atoms with Gasteiger partial charge in [0.2, 0.25) is 5.88 Å². The molecule has 0 atom stereocenters. The normalized spacial score (nSPS) is 12.7. The van der Waals surface area contributed by atoms with Crippen LogP contribution in [0.3, 0.4) is 0 Å². The molecule has 0 radical (unpaired) electrons. The van der Waals surface area contributed by atoms with Crippen LogP contribution in [0.2, 0.25) is 0 Å². The second kappa shape index (κ2) is 4.63. The Morgan fingerprint density at radius 1 is 0.947 bits per heavy atom. The summed E-state index contributed by atoms with van der Waals surface area (Å²) < 4.78 is 71.7. The van der Waals surface area contributed by atoms with Crippen molar-refractivity contribution < 1.29 is 31.4 Å². The van der Waals surface area contributed by atoms with Crippen LogP contribution in [0.5, 0.6) is 5.88 Å². The minimum Gasteiger partial charge on any atom is -0.494 e. The smallest absolute Gasteiger partial charge is 0.406 e. The highest BCUT2D eigenvalue weighted by Crippen LogP contribution is 2.19. The lowest BCUT2D eigenvalue weighted by Gasteiger charge is -2.14. The summed E-state index contributed by atoms with van der Waals surface area (Å²) in [5.74, 6) is -1.36. The van der Waals surface area contributed by atoms with Gasteiger partial charge >= 0.3 is 18.0 Å². The van der Waals surface area contributed by atoms with E-state index in [-0.39, 0.29) is 10.6 Å². The van der Waals surface area contributed by atoms with Crippen molar-refractivity contribution in [1.29, 1.82) is 0 Å². The molecule has 0 aromatic carbocycles. The summed E-state index contributed by atoms with van der Waals surface area (Å²) in [5.41, 5.74) is -3.43. The van der Waals surface area contributed by atoms with Crippen LogP contribution in [0.25, 0.3) is 0 Å². The fourth-order valence-corrected chi connectivity index (χ4v) is 1.26. The molecule has 1 aromatic rings. The standard InChI is InChI=1S/C8H6F6N2O3/c9-7(10,11)2-15-4(17)1-5(18)16(6(15)19)3-8(12,13)14/h1,17H,2-3H2. The molecule has 0 saturated heterocycles. The molecule has 0 spiro atoms. The molecule has 1 rings (SSSR count). The highest BCUT2D eigenvalue weighted by Gasteiger charge is 2.33. The van der Waals surface area contributed by atoms with E-state index in [4.69, 9.17) is 5.11 Å². The first kappa shape index (κ1) is 15.1. The van der Waals surface area contributed by atoms with Gasteiger partial charge in [-0.2, -0.15) is 26.3 Å². The predicted octanol–water partition coefficient (Wildman–Crippen LogP) is 0.840. The SMILES string of the molecule is O=c1cc(O)n(CC(F)(F)F)c(=O)n1CC(F)(F)F. The average molecular weight is 292 g/mol. The Balaban J connectivity index is 3.40. The third-order valence-electron chi connectivity index (χ3n) is 1.93. The van der Waals surface area contributed by atoms with Gasteiger partial charge in [0.15, 0.2) is 0 Å². The predicted molar refractivity (Wildman–Crippen MR) is 48.7 cm³/mol. The molecule has 108 valence electrons. The number of alkyl halides is 6. The molecule has 0 fully saturated rings. The number of nitrogens with zero attached hydrogens (tertiary/aromatic N) is 2. The van der Waals surface area contributed by atoms with E-state index in [1.165, 1.54) is 0 Å². The quantitative estimate of drug-likeness (QED) is 0.822. The lowest BCUT2D eigenvalue weighted by atomic mass is 10.5. The Morgan fingerprint density at radius 3 is 1.79 bits per heavy atom. The number of aromatic hydroxyl groups is 1. The summed E-state index contributed by atoms with van der Waals surface area (Å²) in [7, 11) is 0. The number of halogens is 6. The van der Waals surface area contributed by atoms with Crippen LogP contribution in [0.1, 0.15) is 0 Å². The average Bonchev–Trinajstić information content (AvgIpc) is 2.16. The Kier molecular flexibility index (Phi) is 3.68. The van der Waals surface area contributed by atoms with Gasteiger partial charge in [-0.25, -0.2) is 4.79 Å². The fourth-order valence-electron chi connectivity index (χ4n) is 1.26. The van der Waals surface area contributed by atoms with Crippen LogP contribution in [-0.2, 0) is 13.1 Å². The molecule has 0 unspecified atom stereocenters. The molecule has 19 heavy (non-hydrogen) atoms. The summed E-state index contributed by atoms with van der Waals surface area (Å²) in [5, 5.41) is 9.03. The van der Waals surface area contributed by atoms with Crippen molar-refractivity contribution in [3.8, 4) is 5.88 Å². The van der Waals surface area contributed by atoms with E-state index in [1.807, 2.05) is 0 Å². The molecule has 0 aliphatic rings. The van der Waals surface area contributed by atoms with Gasteiger partial charge in [-0.05, 0) is 0 Å². The number of rotatable bonds is 2. The zero-order chi connectivity index (χ0) is 15.0. The van der Waals surface area contributed by atoms with Crippen LogP contribution in [0.4, 0.5) is 26.3 Å². The monoisotopic (exact) mass is 292 g/mol. The summed E-state index contributed by atoms with van der Waals surface area (Å²) in [6.07, 6.45) is -9.90. The van der Waals surface area contributed by atoms with E-state index in [0.29, 0.717) is 0 Å². The third kappa shape index (κ3) is 4.03. The molecule has 0 aliphatic heterocycles. The van der Waals surface area contributed by atoms with E-state index in [9.17, 15) is 35.9 Å². The van der Waals surface area contributed by atoms with E-state index < -0.39 is 47.1 Å². The van der Waals surface area contributed by atoms with Crippen LogP contribution < -0.4 is 11.2 Å². The second-order valence-electron chi connectivity index (χ2n) is 3.53. The van der Waals surface area contributed by atoms with E-state index in [0.717, 1.165) is 0 Å². The highest BCUT2D eigenvalue weighted by atomic mass is 19.4. The maximum atomic E-state index is 12.1. The van der Waals surface area contributed by atoms with Crippen LogP contribution in [-0.4, -0.2) is 26.6 Å². The summed E-state index contributed by atoms with van der Waals surface area (Å²) >= 11 is 0. The van der Waals surface area contributed by atoms with Gasteiger partial charge in [0.25, 0.3) is 5.56 Å². The van der Waals surface area contributed by atoms with Crippen molar-refractivity contribution in [3.63, 3.8) is 0 Å². The topological polar surface area (TPSA) is 64.2 Å². The number of aromatic nitrogens is 2. The van der Waals surface area contributed by atoms with Gasteiger partial charge in [0.05, 0.1) is 6.07 Å². The third-order valence-corrected chi connectivity index (χ3v) is 1.93. The van der Waals surface area contributed by atoms with Gasteiger partial charge in [0.1, 0.15) is 13.1 Å². The lowest BCUT2D eigenvalue weighted by molar-refractivity contribution is -0.145. The molecule has 0 saturated carbocycles. The van der Waals surface area contributed by atoms with Crippen LogP contribution in [0, 0.1) is 0 Å². The number of hydrogen-bond acceptors (Lipinski definition) is 3. The first-order valence-electron chi connectivity index (χ1n) is 4.58. The summed E-state index contributed by atoms with van der Waals surface area (Å²) in [4.78, 5) is 22.4. The Morgan fingerprint density at radius 2 is 1.37 bits per heavy atom. The first-order chi connectivity index (χ1) is 8.41. The fraction of sp³-hybridized carbons (Fsp3) is 0.500. The molecule has 1 N–H and O–H groups in total. The molecule has 0 aliphatic carbocycles. The minimum atomic E-state index is -4.96. The molecule has 1 aromatic heterocycles. The first-order valence-corrected chi connectivity index (χ1v) is 4.58. The maximum absolute atomic E-state index is 12.1. The minimum absolute atomic E-state index is 0.110. The van der Waals surface area contributed by atoms with Gasteiger partial charge in [-0.15, -0.1) is 0 Å². The van der Waals surface area contributed by atoms with Crippen molar-refractivity contribution in [1.82, 2.24) is 9.13 Å². The van der Waals surface area contributed by atoms with Gasteiger partial charge in [-0.3, -0.25) is 13.9 Å². The second-order valence-corrected chi connectivity index (χ2v) is 3.53. The van der Waals surface area contributed by atoms with E-state index >= 15 is 0 Å². The molecule has 0 bridgehead atoms. The van der Waals surface area contributed by atoms with E-state index in [2.05, 4.69) is 0 Å². The molecular formula is C8H6F6N2O3. The van der Waals surface area contributed by atoms with Crippen LogP contribution in [0.15, 0.2) is 15.7 Å². The van der Waals surface area contributed by atoms with Crippen molar-refractivity contribution in [2.24, 2.45) is 0 Å². The number of hydrogen-bond donors (Lipinski definition) is 1. The van der Waals surface area contributed by atoms with Crippen molar-refractivity contribution in [3.05, 3.63) is 26.9 Å². The highest BCUT2D eigenvalue weighted by molar-refractivity contribution is 5.07. The molecule has 5 nitrogen and oxygen atoms in total. The van der Waals surface area contributed by atoms with Crippen molar-refractivity contribution >= 4 is 0 Å². The zero-order valence-corrected chi connectivity index (χ0v) is 8.92. The molecule has 11 heteroatoms. The Labute approximate surface area is 99.9 Å². The largest absolute Gasteiger partial charge is 0.494 e. The summed E-state index contributed by atoms with van der Waals surface area (Å²) in [6, 6.07) is 0.110. The Bertz CT molecular complexity index is 582. The molecular weight excluding hydrogens is 286 g/mol. The van der Waals surface area contributed by atoms with Gasteiger partial charge < -0.3 is 5.11 Å². The lowest BCUT2D eigenvalue weighted by Crippen LogP contribution is -2.44. The van der Waals surface area contributed by atoms with Gasteiger partial charge in [-0.1, -0.05) is 0 Å². The summed E-state index contributed by atoms with van der Waals surface area (Å²) in [6.45, 7) is -4.04.